The Labute approximate surface area is 170 Å². The summed E-state index contributed by atoms with van der Waals surface area (Å²) in [4.78, 5) is 16.9. The summed E-state index contributed by atoms with van der Waals surface area (Å²) in [7, 11) is -3.91. The molecule has 0 aliphatic heterocycles. The predicted octanol–water partition coefficient (Wildman–Crippen LogP) is 4.53. The van der Waals surface area contributed by atoms with Crippen LogP contribution in [0.1, 0.15) is 61.4 Å². The van der Waals surface area contributed by atoms with Gasteiger partial charge in [-0.25, -0.2) is 12.4 Å². The molecule has 4 rings (SSSR count). The highest BCUT2D eigenvalue weighted by Gasteiger charge is 2.32. The van der Waals surface area contributed by atoms with E-state index in [-0.39, 0.29) is 16.2 Å². The van der Waals surface area contributed by atoms with Crippen molar-refractivity contribution in [3.05, 3.63) is 53.9 Å². The zero-order valence-corrected chi connectivity index (χ0v) is 17.4. The molecule has 0 N–H and O–H groups in total. The first kappa shape index (κ1) is 19.6. The molecule has 1 aromatic carbocycles. The first-order chi connectivity index (χ1) is 13.9. The monoisotopic (exact) mass is 412 g/mol. The highest BCUT2D eigenvalue weighted by Crippen LogP contribution is 2.47. The molecule has 29 heavy (non-hydrogen) atoms. The summed E-state index contributed by atoms with van der Waals surface area (Å²) in [5.41, 5.74) is 1.93. The fraction of sp³-hybridized carbons (Fsp3) is 0.364. The average molecular weight is 413 g/mol. The number of ether oxygens (including phenoxy) is 1. The third-order valence-electron chi connectivity index (χ3n) is 5.20. The fourth-order valence-electron chi connectivity index (χ4n) is 3.45. The number of carbonyl (C=O) groups excluding carboxylic acids is 1. The van der Waals surface area contributed by atoms with E-state index in [0.717, 1.165) is 31.2 Å². The van der Waals surface area contributed by atoms with Crippen molar-refractivity contribution in [2.24, 2.45) is 0 Å². The van der Waals surface area contributed by atoms with Gasteiger partial charge in [-0.15, -0.1) is 0 Å². The largest absolute Gasteiger partial charge is 0.491 e. The van der Waals surface area contributed by atoms with Gasteiger partial charge in [-0.2, -0.15) is 0 Å². The lowest BCUT2D eigenvalue weighted by molar-refractivity contribution is 0.101. The van der Waals surface area contributed by atoms with Gasteiger partial charge in [0, 0.05) is 18.0 Å². The molecule has 1 aliphatic rings. The summed E-state index contributed by atoms with van der Waals surface area (Å²) in [6.45, 7) is 3.98. The minimum absolute atomic E-state index is 0.156. The van der Waals surface area contributed by atoms with E-state index in [1.165, 1.54) is 17.1 Å². The van der Waals surface area contributed by atoms with Gasteiger partial charge >= 0.3 is 0 Å². The van der Waals surface area contributed by atoms with Gasteiger partial charge in [0.1, 0.15) is 11.0 Å². The number of carbonyl (C=O) groups is 1. The summed E-state index contributed by atoms with van der Waals surface area (Å²) in [5.74, 6) is 0.633. The number of unbranched alkanes of at least 4 members (excludes halogenated alkanes) is 1. The lowest BCUT2D eigenvalue weighted by Crippen LogP contribution is -2.13. The van der Waals surface area contributed by atoms with Crippen LogP contribution < -0.4 is 4.74 Å². The molecule has 1 aliphatic carbocycles. The molecule has 0 atom stereocenters. The molecule has 0 spiro atoms. The molecule has 152 valence electrons. The van der Waals surface area contributed by atoms with Crippen molar-refractivity contribution in [3.63, 3.8) is 0 Å². The first-order valence-electron chi connectivity index (χ1n) is 9.93. The van der Waals surface area contributed by atoms with E-state index in [1.54, 1.807) is 36.5 Å². The predicted molar refractivity (Wildman–Crippen MR) is 111 cm³/mol. The number of benzene rings is 1. The van der Waals surface area contributed by atoms with Crippen molar-refractivity contribution in [3.8, 4) is 5.75 Å². The topological polar surface area (TPSA) is 78.3 Å². The van der Waals surface area contributed by atoms with Crippen molar-refractivity contribution in [1.29, 1.82) is 0 Å². The van der Waals surface area contributed by atoms with E-state index in [0.29, 0.717) is 29.3 Å². The van der Waals surface area contributed by atoms with Crippen molar-refractivity contribution in [2.45, 2.75) is 50.3 Å². The molecule has 1 saturated carbocycles. The van der Waals surface area contributed by atoms with E-state index >= 15 is 0 Å². The van der Waals surface area contributed by atoms with Gasteiger partial charge in [-0.05, 0) is 44.2 Å². The van der Waals surface area contributed by atoms with E-state index in [2.05, 4.69) is 11.9 Å². The van der Waals surface area contributed by atoms with Crippen LogP contribution in [-0.4, -0.2) is 29.8 Å². The van der Waals surface area contributed by atoms with E-state index in [4.69, 9.17) is 4.74 Å². The van der Waals surface area contributed by atoms with E-state index in [1.807, 2.05) is 0 Å². The van der Waals surface area contributed by atoms with Gasteiger partial charge in [0.25, 0.3) is 10.0 Å². The average Bonchev–Trinajstić information content (AvgIpc) is 3.47. The quantitative estimate of drug-likeness (QED) is 0.401. The molecular formula is C22H24N2O4S. The summed E-state index contributed by atoms with van der Waals surface area (Å²) in [6, 6.07) is 8.21. The minimum atomic E-state index is -3.91. The van der Waals surface area contributed by atoms with Crippen molar-refractivity contribution < 1.29 is 17.9 Å². The maximum Gasteiger partial charge on any atom is 0.268 e. The number of hydrogen-bond donors (Lipinski definition) is 0. The van der Waals surface area contributed by atoms with Gasteiger partial charge in [-0.3, -0.25) is 9.78 Å². The van der Waals surface area contributed by atoms with Gasteiger partial charge in [0.05, 0.1) is 17.1 Å². The first-order valence-corrected chi connectivity index (χ1v) is 11.4. The maximum atomic E-state index is 13.4. The standard InChI is InChI=1S/C22H24N2O4S/c1-3-4-12-28-22-18(16-10-11-16)13-23-20-19(15(2)25)14-24(21(20)22)29(26,27)17-8-6-5-7-9-17/h5-9,13-14,16H,3-4,10-12H2,1-2H3. The van der Waals surface area contributed by atoms with Crippen molar-refractivity contribution in [1.82, 2.24) is 8.96 Å². The molecule has 7 heteroatoms. The van der Waals surface area contributed by atoms with Gasteiger partial charge in [-0.1, -0.05) is 31.5 Å². The van der Waals surface area contributed by atoms with Crippen LogP contribution in [0.2, 0.25) is 0 Å². The zero-order chi connectivity index (χ0) is 20.6. The summed E-state index contributed by atoms with van der Waals surface area (Å²) < 4.78 is 34.2. The summed E-state index contributed by atoms with van der Waals surface area (Å²) in [6.07, 6.45) is 7.01. The number of fused-ring (bicyclic) bond motifs is 1. The van der Waals surface area contributed by atoms with Crippen LogP contribution in [0.5, 0.6) is 5.75 Å². The summed E-state index contributed by atoms with van der Waals surface area (Å²) >= 11 is 0. The molecule has 0 unspecified atom stereocenters. The van der Waals surface area contributed by atoms with Crippen LogP contribution in [-0.2, 0) is 10.0 Å². The van der Waals surface area contributed by atoms with Crippen molar-refractivity contribution >= 4 is 26.8 Å². The molecule has 6 nitrogen and oxygen atoms in total. The Hall–Kier alpha value is -2.67. The van der Waals surface area contributed by atoms with Gasteiger partial charge < -0.3 is 4.74 Å². The molecule has 2 aromatic heterocycles. The summed E-state index contributed by atoms with van der Waals surface area (Å²) in [5, 5.41) is 0. The molecule has 0 saturated heterocycles. The Morgan fingerprint density at radius 2 is 1.97 bits per heavy atom. The van der Waals surface area contributed by atoms with Crippen LogP contribution in [0, 0.1) is 0 Å². The van der Waals surface area contributed by atoms with E-state index in [9.17, 15) is 13.2 Å². The number of nitrogens with zero attached hydrogens (tertiary/aromatic N) is 2. The Balaban J connectivity index is 2.00. The molecule has 0 radical (unpaired) electrons. The fourth-order valence-corrected chi connectivity index (χ4v) is 4.83. The highest BCUT2D eigenvalue weighted by atomic mass is 32.2. The van der Waals surface area contributed by atoms with Crippen molar-refractivity contribution in [2.75, 3.05) is 6.61 Å². The second-order valence-corrected chi connectivity index (χ2v) is 9.24. The maximum absolute atomic E-state index is 13.4. The molecule has 3 aromatic rings. The number of ketones is 1. The minimum Gasteiger partial charge on any atom is -0.491 e. The zero-order valence-electron chi connectivity index (χ0n) is 16.6. The molecule has 0 bridgehead atoms. The van der Waals surface area contributed by atoms with Gasteiger partial charge in [0.15, 0.2) is 11.5 Å². The second kappa shape index (κ2) is 7.63. The molecule has 0 amide bonds. The third-order valence-corrected chi connectivity index (χ3v) is 6.87. The molecule has 1 fully saturated rings. The van der Waals surface area contributed by atoms with Crippen LogP contribution in [0.25, 0.3) is 11.0 Å². The van der Waals surface area contributed by atoms with Gasteiger partial charge in [0.2, 0.25) is 0 Å². The smallest absolute Gasteiger partial charge is 0.268 e. The Morgan fingerprint density at radius 3 is 2.59 bits per heavy atom. The lowest BCUT2D eigenvalue weighted by atomic mass is 10.1. The van der Waals surface area contributed by atoms with E-state index < -0.39 is 10.0 Å². The molecular weight excluding hydrogens is 388 g/mol. The van der Waals surface area contributed by atoms with Crippen LogP contribution in [0.15, 0.2) is 47.6 Å². The number of aromatic nitrogens is 2. The van der Waals surface area contributed by atoms with Crippen LogP contribution in [0.3, 0.4) is 0 Å². The SMILES string of the molecule is CCCCOc1c(C2CC2)cnc2c(C(C)=O)cn(S(=O)(=O)c3ccccc3)c12. The normalized spacial score (nSPS) is 14.3. The molecule has 2 heterocycles. The number of pyridine rings is 1. The number of hydrogen-bond acceptors (Lipinski definition) is 5. The Kier molecular flexibility index (Phi) is 5.17. The second-order valence-electron chi connectivity index (χ2n) is 7.43. The lowest BCUT2D eigenvalue weighted by Gasteiger charge is -2.15. The number of rotatable bonds is 8. The third kappa shape index (κ3) is 3.55. The number of Topliss-reactive ketones (excluding diaryl/α,β-unsaturated/α-hetero) is 1. The van der Waals surface area contributed by atoms with Crippen LogP contribution in [0.4, 0.5) is 0 Å². The Morgan fingerprint density at radius 1 is 1.24 bits per heavy atom. The van der Waals surface area contributed by atoms with Crippen LogP contribution >= 0.6 is 0 Å². The Bertz CT molecular complexity index is 1160. The highest BCUT2D eigenvalue weighted by molar-refractivity contribution is 7.90.